The van der Waals surface area contributed by atoms with Crippen LogP contribution in [0.3, 0.4) is 0 Å². The molecule has 2 rings (SSSR count). The maximum atomic E-state index is 12.2. The van der Waals surface area contributed by atoms with Crippen LogP contribution in [0.1, 0.15) is 43.0 Å². The Balaban J connectivity index is 0.00000312. The van der Waals surface area contributed by atoms with Gasteiger partial charge in [0.15, 0.2) is 0 Å². The lowest BCUT2D eigenvalue weighted by atomic mass is 9.80. The lowest BCUT2D eigenvalue weighted by Gasteiger charge is -2.27. The Morgan fingerprint density at radius 1 is 1.24 bits per heavy atom. The first-order chi connectivity index (χ1) is 11.3. The van der Waals surface area contributed by atoms with Gasteiger partial charge in [0.05, 0.1) is 17.9 Å². The molecule has 1 aromatic rings. The summed E-state index contributed by atoms with van der Waals surface area (Å²) in [6, 6.07) is 2.07. The van der Waals surface area contributed by atoms with Crippen molar-refractivity contribution >= 4 is 22.6 Å². The summed E-state index contributed by atoms with van der Waals surface area (Å²) < 4.78 is 28.7. The van der Waals surface area contributed by atoms with Gasteiger partial charge in [-0.1, -0.05) is 0 Å². The van der Waals surface area contributed by atoms with Crippen LogP contribution in [0, 0.1) is 5.92 Å². The molecule has 1 aromatic heterocycles. The summed E-state index contributed by atoms with van der Waals surface area (Å²) >= 11 is 0. The van der Waals surface area contributed by atoms with Gasteiger partial charge < -0.3 is 5.32 Å². The molecule has 0 aromatic carbocycles. The zero-order chi connectivity index (χ0) is 17.9. The SMILES string of the molecule is CNCC1CCC(c2cc(CN(C)S(=O)(=O)N(C)C)n(C)n2)CC1.Cl. The number of aromatic nitrogens is 2. The van der Waals surface area contributed by atoms with Crippen molar-refractivity contribution in [3.05, 3.63) is 17.5 Å². The quantitative estimate of drug-likeness (QED) is 0.763. The Labute approximate surface area is 158 Å². The van der Waals surface area contributed by atoms with Crippen LogP contribution in [0.5, 0.6) is 0 Å². The van der Waals surface area contributed by atoms with Gasteiger partial charge in [0.25, 0.3) is 10.2 Å². The first-order valence-corrected chi connectivity index (χ1v) is 9.96. The predicted molar refractivity (Wildman–Crippen MR) is 103 cm³/mol. The number of halogens is 1. The van der Waals surface area contributed by atoms with Crippen LogP contribution in [0.2, 0.25) is 0 Å². The number of aryl methyl sites for hydroxylation is 1. The highest BCUT2D eigenvalue weighted by atomic mass is 35.5. The number of rotatable bonds is 7. The second-order valence-electron chi connectivity index (χ2n) is 7.01. The minimum Gasteiger partial charge on any atom is -0.319 e. The summed E-state index contributed by atoms with van der Waals surface area (Å²) in [5.41, 5.74) is 2.03. The zero-order valence-electron chi connectivity index (χ0n) is 15.9. The lowest BCUT2D eigenvalue weighted by molar-refractivity contribution is 0.316. The lowest BCUT2D eigenvalue weighted by Crippen LogP contribution is -2.37. The van der Waals surface area contributed by atoms with E-state index in [0.717, 1.165) is 36.7 Å². The number of hydrogen-bond donors (Lipinski definition) is 1. The highest BCUT2D eigenvalue weighted by Gasteiger charge is 2.26. The molecule has 0 spiro atoms. The average Bonchev–Trinajstić information content (AvgIpc) is 2.89. The summed E-state index contributed by atoms with van der Waals surface area (Å²) in [5, 5.41) is 7.92. The molecule has 146 valence electrons. The zero-order valence-corrected chi connectivity index (χ0v) is 17.5. The minimum absolute atomic E-state index is 0. The largest absolute Gasteiger partial charge is 0.319 e. The van der Waals surface area contributed by atoms with Crippen molar-refractivity contribution in [3.63, 3.8) is 0 Å². The number of hydrogen-bond acceptors (Lipinski definition) is 4. The Morgan fingerprint density at radius 3 is 2.36 bits per heavy atom. The summed E-state index contributed by atoms with van der Waals surface area (Å²) in [7, 11) is 5.19. The van der Waals surface area contributed by atoms with Gasteiger partial charge in [-0.05, 0) is 51.3 Å². The van der Waals surface area contributed by atoms with E-state index in [1.54, 1.807) is 21.1 Å². The molecule has 25 heavy (non-hydrogen) atoms. The van der Waals surface area contributed by atoms with Gasteiger partial charge in [0.1, 0.15) is 0 Å². The van der Waals surface area contributed by atoms with E-state index >= 15 is 0 Å². The molecule has 0 unspecified atom stereocenters. The van der Waals surface area contributed by atoms with Gasteiger partial charge in [0.2, 0.25) is 0 Å². The van der Waals surface area contributed by atoms with Crippen LogP contribution in [-0.4, -0.2) is 61.5 Å². The molecule has 1 aliphatic rings. The molecule has 9 heteroatoms. The first-order valence-electron chi connectivity index (χ1n) is 8.57. The molecular formula is C16H32ClN5O2S. The standard InChI is InChI=1S/C16H31N5O2S.ClH/c1-17-11-13-6-8-14(9-7-13)16-10-15(21(5)18-16)12-20(4)24(22,23)19(2)3;/h10,13-14,17H,6-9,11-12H2,1-5H3;1H. The van der Waals surface area contributed by atoms with Crippen LogP contribution in [0.4, 0.5) is 0 Å². The topological polar surface area (TPSA) is 70.5 Å². The fourth-order valence-corrected chi connectivity index (χ4v) is 4.27. The van der Waals surface area contributed by atoms with Crippen LogP contribution in [0.25, 0.3) is 0 Å². The second kappa shape index (κ2) is 9.32. The summed E-state index contributed by atoms with van der Waals surface area (Å²) in [6.45, 7) is 1.42. The van der Waals surface area contributed by atoms with Gasteiger partial charge in [-0.2, -0.15) is 22.1 Å². The van der Waals surface area contributed by atoms with Crippen molar-refractivity contribution in [2.45, 2.75) is 38.1 Å². The molecule has 1 heterocycles. The summed E-state index contributed by atoms with van der Waals surface area (Å²) in [6.07, 6.45) is 4.78. The van der Waals surface area contributed by atoms with Crippen molar-refractivity contribution < 1.29 is 8.42 Å². The molecule has 0 atom stereocenters. The van der Waals surface area contributed by atoms with E-state index in [2.05, 4.69) is 16.5 Å². The molecular weight excluding hydrogens is 362 g/mol. The van der Waals surface area contributed by atoms with Crippen molar-refractivity contribution in [2.24, 2.45) is 13.0 Å². The fourth-order valence-electron chi connectivity index (χ4n) is 3.42. The van der Waals surface area contributed by atoms with Crippen molar-refractivity contribution in [3.8, 4) is 0 Å². The van der Waals surface area contributed by atoms with Crippen LogP contribution >= 0.6 is 12.4 Å². The third-order valence-electron chi connectivity index (χ3n) is 4.99. The Morgan fingerprint density at radius 2 is 1.84 bits per heavy atom. The summed E-state index contributed by atoms with van der Waals surface area (Å²) in [4.78, 5) is 0. The molecule has 1 fully saturated rings. The van der Waals surface area contributed by atoms with E-state index in [-0.39, 0.29) is 12.4 Å². The molecule has 1 N–H and O–H groups in total. The van der Waals surface area contributed by atoms with Gasteiger partial charge in [-0.3, -0.25) is 4.68 Å². The van der Waals surface area contributed by atoms with Gasteiger partial charge >= 0.3 is 0 Å². The molecule has 1 aliphatic carbocycles. The van der Waals surface area contributed by atoms with Crippen molar-refractivity contribution in [2.75, 3.05) is 34.7 Å². The maximum absolute atomic E-state index is 12.2. The van der Waals surface area contributed by atoms with E-state index in [1.807, 2.05) is 18.8 Å². The molecule has 1 saturated carbocycles. The monoisotopic (exact) mass is 393 g/mol. The third-order valence-corrected chi connectivity index (χ3v) is 6.83. The second-order valence-corrected chi connectivity index (χ2v) is 9.25. The predicted octanol–water partition coefficient (Wildman–Crippen LogP) is 1.57. The highest BCUT2D eigenvalue weighted by Crippen LogP contribution is 2.35. The normalized spacial score (nSPS) is 21.6. The average molecular weight is 394 g/mol. The fraction of sp³-hybridized carbons (Fsp3) is 0.812. The number of nitrogens with one attached hydrogen (secondary N) is 1. The van der Waals surface area contributed by atoms with Crippen LogP contribution in [0.15, 0.2) is 6.07 Å². The molecule has 0 amide bonds. The van der Waals surface area contributed by atoms with E-state index in [1.165, 1.54) is 21.5 Å². The van der Waals surface area contributed by atoms with Crippen LogP contribution < -0.4 is 5.32 Å². The smallest absolute Gasteiger partial charge is 0.281 e. The maximum Gasteiger partial charge on any atom is 0.281 e. The van der Waals surface area contributed by atoms with Gasteiger partial charge in [-0.25, -0.2) is 0 Å². The van der Waals surface area contributed by atoms with Crippen LogP contribution in [-0.2, 0) is 23.8 Å². The number of nitrogens with zero attached hydrogens (tertiary/aromatic N) is 4. The van der Waals surface area contributed by atoms with E-state index in [0.29, 0.717) is 12.5 Å². The van der Waals surface area contributed by atoms with Gasteiger partial charge in [0, 0.05) is 34.1 Å². The van der Waals surface area contributed by atoms with E-state index in [4.69, 9.17) is 0 Å². The van der Waals surface area contributed by atoms with Crippen molar-refractivity contribution in [1.29, 1.82) is 0 Å². The molecule has 0 saturated heterocycles. The van der Waals surface area contributed by atoms with Crippen molar-refractivity contribution in [1.82, 2.24) is 23.7 Å². The first kappa shape index (κ1) is 22.4. The Bertz CT molecular complexity index is 639. The third kappa shape index (κ3) is 5.40. The molecule has 7 nitrogen and oxygen atoms in total. The summed E-state index contributed by atoms with van der Waals surface area (Å²) in [5.74, 6) is 1.26. The van der Waals surface area contributed by atoms with E-state index in [9.17, 15) is 8.42 Å². The van der Waals surface area contributed by atoms with Gasteiger partial charge in [-0.15, -0.1) is 12.4 Å². The molecule has 0 bridgehead atoms. The molecule has 0 aliphatic heterocycles. The van der Waals surface area contributed by atoms with E-state index < -0.39 is 10.2 Å². The molecule has 0 radical (unpaired) electrons. The Hall–Kier alpha value is -0.670. The Kier molecular flexibility index (Phi) is 8.34. The minimum atomic E-state index is -3.40. The highest BCUT2D eigenvalue weighted by molar-refractivity contribution is 7.86.